The molecule has 0 bridgehead atoms. The lowest BCUT2D eigenvalue weighted by molar-refractivity contribution is -0.137. The van der Waals surface area contributed by atoms with Gasteiger partial charge in [-0.05, 0) is 25.6 Å². The predicted molar refractivity (Wildman–Crippen MR) is 60.2 cm³/mol. The molecule has 1 aliphatic rings. The van der Waals surface area contributed by atoms with Crippen LogP contribution in [0.1, 0.15) is 20.3 Å². The Hall–Kier alpha value is -1.17. The molecule has 1 heterocycles. The van der Waals surface area contributed by atoms with Crippen molar-refractivity contribution in [2.75, 3.05) is 13.1 Å². The van der Waals surface area contributed by atoms with Crippen LogP contribution < -0.4 is 10.6 Å². The Labute approximate surface area is 94.2 Å². The summed E-state index contributed by atoms with van der Waals surface area (Å²) >= 11 is 5.11. The van der Waals surface area contributed by atoms with Crippen molar-refractivity contribution in [3.05, 3.63) is 0 Å². The maximum Gasteiger partial charge on any atom is 0.249 e. The first-order valence-electron chi connectivity index (χ1n) is 4.98. The van der Waals surface area contributed by atoms with Crippen molar-refractivity contribution in [1.29, 1.82) is 0 Å². The highest BCUT2D eigenvalue weighted by Crippen LogP contribution is 2.09. The predicted octanol–water partition coefficient (Wildman–Crippen LogP) is -0.382. The molecule has 1 fully saturated rings. The topological polar surface area (TPSA) is 61.4 Å². The minimum absolute atomic E-state index is 0.149. The van der Waals surface area contributed by atoms with Crippen LogP contribution >= 0.6 is 12.2 Å². The summed E-state index contributed by atoms with van der Waals surface area (Å²) in [5.41, 5.74) is 0. The number of carbonyl (C=O) groups is 2. The molecule has 1 rings (SSSR count). The van der Waals surface area contributed by atoms with Gasteiger partial charge in [-0.2, -0.15) is 0 Å². The molecule has 0 aromatic carbocycles. The fourth-order valence-corrected chi connectivity index (χ4v) is 1.87. The minimum Gasteiger partial charge on any atom is -0.363 e. The van der Waals surface area contributed by atoms with E-state index in [-0.39, 0.29) is 24.4 Å². The number of amides is 2. The molecule has 1 atom stereocenters. The molecule has 1 unspecified atom stereocenters. The number of hydrogen-bond donors (Lipinski definition) is 2. The Kier molecular flexibility index (Phi) is 4.02. The lowest BCUT2D eigenvalue weighted by atomic mass is 10.1. The van der Waals surface area contributed by atoms with E-state index in [1.807, 2.05) is 13.8 Å². The number of nitrogens with one attached hydrogen (secondary N) is 2. The fraction of sp³-hybridized carbons (Fsp3) is 0.667. The lowest BCUT2D eigenvalue weighted by Gasteiger charge is -2.35. The minimum atomic E-state index is -0.339. The number of carbonyl (C=O) groups excluding carboxylic acids is 2. The largest absolute Gasteiger partial charge is 0.363 e. The van der Waals surface area contributed by atoms with Crippen molar-refractivity contribution in [1.82, 2.24) is 15.5 Å². The van der Waals surface area contributed by atoms with Crippen LogP contribution in [-0.4, -0.2) is 41.0 Å². The van der Waals surface area contributed by atoms with Gasteiger partial charge in [0.1, 0.15) is 12.6 Å². The van der Waals surface area contributed by atoms with Gasteiger partial charge in [0, 0.05) is 6.54 Å². The first-order valence-corrected chi connectivity index (χ1v) is 5.39. The molecule has 1 aliphatic heterocycles. The molecule has 1 saturated heterocycles. The smallest absolute Gasteiger partial charge is 0.249 e. The van der Waals surface area contributed by atoms with Gasteiger partial charge in [0.15, 0.2) is 5.11 Å². The van der Waals surface area contributed by atoms with E-state index in [1.165, 1.54) is 0 Å². The van der Waals surface area contributed by atoms with E-state index in [0.29, 0.717) is 18.1 Å². The summed E-state index contributed by atoms with van der Waals surface area (Å²) in [4.78, 5) is 24.3. The molecule has 5 nitrogen and oxygen atoms in total. The molecule has 0 aromatic rings. The van der Waals surface area contributed by atoms with Crippen LogP contribution in [0.3, 0.4) is 0 Å². The highest BCUT2D eigenvalue weighted by Gasteiger charge is 2.33. The number of imide groups is 1. The number of nitrogens with zero attached hydrogens (tertiary/aromatic N) is 1. The van der Waals surface area contributed by atoms with E-state index in [9.17, 15) is 9.59 Å². The zero-order valence-corrected chi connectivity index (χ0v) is 9.69. The molecule has 2 amide bonds. The summed E-state index contributed by atoms with van der Waals surface area (Å²) in [6.45, 7) is 4.64. The Balaban J connectivity index is 2.77. The molecular weight excluding hydrogens is 214 g/mol. The van der Waals surface area contributed by atoms with E-state index >= 15 is 0 Å². The standard InChI is InChI=1S/C9H15N3O2S/c1-3-6-8(14)11-7(13)5-12(6)9(15)10-4-2/h6H,3-5H2,1-2H3,(H,10,15)(H,11,13,14). The normalized spacial score (nSPS) is 21.2. The van der Waals surface area contributed by atoms with Crippen molar-refractivity contribution in [2.24, 2.45) is 0 Å². The zero-order valence-electron chi connectivity index (χ0n) is 8.87. The summed E-state index contributed by atoms with van der Waals surface area (Å²) < 4.78 is 0. The maximum atomic E-state index is 11.5. The monoisotopic (exact) mass is 229 g/mol. The van der Waals surface area contributed by atoms with Crippen molar-refractivity contribution in [3.8, 4) is 0 Å². The summed E-state index contributed by atoms with van der Waals surface area (Å²) in [7, 11) is 0. The molecule has 15 heavy (non-hydrogen) atoms. The van der Waals surface area contributed by atoms with E-state index in [2.05, 4.69) is 10.6 Å². The van der Waals surface area contributed by atoms with Crippen LogP contribution in [0.4, 0.5) is 0 Å². The van der Waals surface area contributed by atoms with Gasteiger partial charge in [-0.15, -0.1) is 0 Å². The Morgan fingerprint density at radius 1 is 1.60 bits per heavy atom. The van der Waals surface area contributed by atoms with Gasteiger partial charge >= 0.3 is 0 Å². The van der Waals surface area contributed by atoms with Gasteiger partial charge < -0.3 is 10.2 Å². The van der Waals surface area contributed by atoms with Crippen molar-refractivity contribution in [3.63, 3.8) is 0 Å². The lowest BCUT2D eigenvalue weighted by Crippen LogP contribution is -2.61. The average Bonchev–Trinajstić information content (AvgIpc) is 2.17. The van der Waals surface area contributed by atoms with Crippen LogP contribution in [0.25, 0.3) is 0 Å². The van der Waals surface area contributed by atoms with Gasteiger partial charge in [-0.1, -0.05) is 6.92 Å². The highest BCUT2D eigenvalue weighted by atomic mass is 32.1. The fourth-order valence-electron chi connectivity index (χ4n) is 1.54. The van der Waals surface area contributed by atoms with Gasteiger partial charge in [-0.3, -0.25) is 14.9 Å². The number of rotatable bonds is 2. The van der Waals surface area contributed by atoms with E-state index in [4.69, 9.17) is 12.2 Å². The van der Waals surface area contributed by atoms with E-state index in [0.717, 1.165) is 0 Å². The van der Waals surface area contributed by atoms with Gasteiger partial charge in [0.05, 0.1) is 0 Å². The first-order chi connectivity index (χ1) is 7.10. The van der Waals surface area contributed by atoms with Crippen LogP contribution in [0.5, 0.6) is 0 Å². The Morgan fingerprint density at radius 2 is 2.27 bits per heavy atom. The molecule has 0 aliphatic carbocycles. The van der Waals surface area contributed by atoms with Crippen LogP contribution in [-0.2, 0) is 9.59 Å². The van der Waals surface area contributed by atoms with Crippen molar-refractivity contribution < 1.29 is 9.59 Å². The molecular formula is C9H15N3O2S. The summed E-state index contributed by atoms with van der Waals surface area (Å²) in [6.07, 6.45) is 0.630. The Bertz CT molecular complexity index is 293. The summed E-state index contributed by atoms with van der Waals surface area (Å²) in [5.74, 6) is -0.570. The molecule has 0 spiro atoms. The van der Waals surface area contributed by atoms with Crippen LogP contribution in [0, 0.1) is 0 Å². The van der Waals surface area contributed by atoms with Crippen LogP contribution in [0.2, 0.25) is 0 Å². The molecule has 6 heteroatoms. The molecule has 0 radical (unpaired) electrons. The maximum absolute atomic E-state index is 11.5. The molecule has 84 valence electrons. The second-order valence-electron chi connectivity index (χ2n) is 3.30. The quantitative estimate of drug-likeness (QED) is 0.499. The second kappa shape index (κ2) is 5.06. The van der Waals surface area contributed by atoms with Crippen molar-refractivity contribution >= 4 is 29.1 Å². The van der Waals surface area contributed by atoms with Crippen LogP contribution in [0.15, 0.2) is 0 Å². The zero-order chi connectivity index (χ0) is 11.4. The van der Waals surface area contributed by atoms with E-state index in [1.54, 1.807) is 4.90 Å². The SMILES string of the molecule is CCNC(=S)N1CC(=O)NC(=O)C1CC. The van der Waals surface area contributed by atoms with Gasteiger partial charge in [0.25, 0.3) is 0 Å². The molecule has 2 N–H and O–H groups in total. The van der Waals surface area contributed by atoms with Crippen molar-refractivity contribution in [2.45, 2.75) is 26.3 Å². The average molecular weight is 229 g/mol. The second-order valence-corrected chi connectivity index (χ2v) is 3.69. The summed E-state index contributed by atoms with van der Waals surface area (Å²) in [6, 6.07) is -0.339. The number of thiocarbonyl (C=S) groups is 1. The Morgan fingerprint density at radius 3 is 2.80 bits per heavy atom. The third-order valence-electron chi connectivity index (χ3n) is 2.23. The third kappa shape index (κ3) is 2.65. The number of hydrogen-bond acceptors (Lipinski definition) is 3. The van der Waals surface area contributed by atoms with Gasteiger partial charge in [-0.25, -0.2) is 0 Å². The number of piperazine rings is 1. The van der Waals surface area contributed by atoms with E-state index < -0.39 is 0 Å². The third-order valence-corrected chi connectivity index (χ3v) is 2.61. The molecule has 0 aromatic heterocycles. The highest BCUT2D eigenvalue weighted by molar-refractivity contribution is 7.80. The first kappa shape index (κ1) is 11.9. The van der Waals surface area contributed by atoms with Gasteiger partial charge in [0.2, 0.25) is 11.8 Å². The molecule has 0 saturated carbocycles. The summed E-state index contributed by atoms with van der Waals surface area (Å²) in [5, 5.41) is 5.71.